The first kappa shape index (κ1) is 15.7. The first-order valence-electron chi connectivity index (χ1n) is 6.80. The normalized spacial score (nSPS) is 13.5. The number of carbonyl (C=O) groups excluding carboxylic acids is 1. The highest BCUT2D eigenvalue weighted by Crippen LogP contribution is 2.28. The second kappa shape index (κ2) is 5.74. The van der Waals surface area contributed by atoms with Crippen LogP contribution in [0.1, 0.15) is 51.7 Å². The quantitative estimate of drug-likeness (QED) is 0.876. The molecule has 3 heteroatoms. The van der Waals surface area contributed by atoms with Crippen molar-refractivity contribution in [1.29, 1.82) is 0 Å². The standard InChI is InChI=1S/C16H26N2O/c1-10(2)12-9-7-8-11(3)13(12)18-15(19)14(17)16(4,5)6/h7-10,14H,17H2,1-6H3,(H,18,19)/t14-/m0/s1. The summed E-state index contributed by atoms with van der Waals surface area (Å²) in [5.74, 6) is 0.241. The number of hydrogen-bond donors (Lipinski definition) is 2. The Morgan fingerprint density at radius 1 is 1.26 bits per heavy atom. The fourth-order valence-electron chi connectivity index (χ4n) is 1.94. The van der Waals surface area contributed by atoms with Crippen molar-refractivity contribution in [3.8, 4) is 0 Å². The lowest BCUT2D eigenvalue weighted by atomic mass is 9.86. The molecular formula is C16H26N2O. The largest absolute Gasteiger partial charge is 0.324 e. The van der Waals surface area contributed by atoms with Crippen LogP contribution < -0.4 is 11.1 Å². The third-order valence-corrected chi connectivity index (χ3v) is 3.39. The fraction of sp³-hybridized carbons (Fsp3) is 0.562. The van der Waals surface area contributed by atoms with Crippen molar-refractivity contribution >= 4 is 11.6 Å². The highest BCUT2D eigenvalue weighted by molar-refractivity contribution is 5.96. The van der Waals surface area contributed by atoms with Crippen LogP contribution in [0.2, 0.25) is 0 Å². The van der Waals surface area contributed by atoms with Crippen LogP contribution in [0.3, 0.4) is 0 Å². The van der Waals surface area contributed by atoms with Crippen LogP contribution in [0.25, 0.3) is 0 Å². The van der Waals surface area contributed by atoms with E-state index in [1.54, 1.807) is 0 Å². The van der Waals surface area contributed by atoms with Crippen molar-refractivity contribution < 1.29 is 4.79 Å². The molecule has 1 amide bonds. The number of nitrogens with two attached hydrogens (primary N) is 1. The minimum atomic E-state index is -0.521. The van der Waals surface area contributed by atoms with Gasteiger partial charge in [-0.3, -0.25) is 4.79 Å². The number of nitrogens with one attached hydrogen (secondary N) is 1. The van der Waals surface area contributed by atoms with Crippen LogP contribution in [0.4, 0.5) is 5.69 Å². The average Bonchev–Trinajstić information content (AvgIpc) is 2.29. The van der Waals surface area contributed by atoms with E-state index in [9.17, 15) is 4.79 Å². The van der Waals surface area contributed by atoms with Gasteiger partial charge < -0.3 is 11.1 Å². The lowest BCUT2D eigenvalue weighted by Crippen LogP contribution is -2.45. The molecule has 1 aromatic carbocycles. The van der Waals surface area contributed by atoms with Crippen LogP contribution in [-0.2, 0) is 4.79 Å². The first-order valence-corrected chi connectivity index (χ1v) is 6.80. The predicted molar refractivity (Wildman–Crippen MR) is 81.3 cm³/mol. The molecule has 0 aliphatic rings. The van der Waals surface area contributed by atoms with Crippen molar-refractivity contribution in [2.75, 3.05) is 5.32 Å². The molecule has 1 aromatic rings. The molecule has 0 heterocycles. The molecule has 1 rings (SSSR count). The number of para-hydroxylation sites is 1. The van der Waals surface area contributed by atoms with Crippen LogP contribution in [0.5, 0.6) is 0 Å². The van der Waals surface area contributed by atoms with Crippen molar-refractivity contribution in [3.63, 3.8) is 0 Å². The Hall–Kier alpha value is -1.35. The Balaban J connectivity index is 3.03. The third kappa shape index (κ3) is 3.80. The molecule has 0 aliphatic heterocycles. The summed E-state index contributed by atoms with van der Waals surface area (Å²) >= 11 is 0. The minimum Gasteiger partial charge on any atom is -0.324 e. The maximum Gasteiger partial charge on any atom is 0.241 e. The van der Waals surface area contributed by atoms with Crippen molar-refractivity contribution in [3.05, 3.63) is 29.3 Å². The van der Waals surface area contributed by atoms with Gasteiger partial charge in [0.2, 0.25) is 5.91 Å². The summed E-state index contributed by atoms with van der Waals surface area (Å²) in [4.78, 5) is 12.3. The molecule has 1 atom stereocenters. The molecular weight excluding hydrogens is 236 g/mol. The van der Waals surface area contributed by atoms with E-state index in [-0.39, 0.29) is 11.3 Å². The average molecular weight is 262 g/mol. The van der Waals surface area contributed by atoms with E-state index in [0.29, 0.717) is 5.92 Å². The highest BCUT2D eigenvalue weighted by atomic mass is 16.2. The molecule has 0 aliphatic carbocycles. The van der Waals surface area contributed by atoms with Crippen LogP contribution >= 0.6 is 0 Å². The molecule has 0 fully saturated rings. The molecule has 0 bridgehead atoms. The van der Waals surface area contributed by atoms with E-state index in [4.69, 9.17) is 5.73 Å². The van der Waals surface area contributed by atoms with Gasteiger partial charge in [-0.25, -0.2) is 0 Å². The third-order valence-electron chi connectivity index (χ3n) is 3.39. The Morgan fingerprint density at radius 3 is 2.32 bits per heavy atom. The number of carbonyl (C=O) groups is 1. The molecule has 0 spiro atoms. The maximum atomic E-state index is 12.3. The Morgan fingerprint density at radius 2 is 1.84 bits per heavy atom. The smallest absolute Gasteiger partial charge is 0.241 e. The van der Waals surface area contributed by atoms with E-state index >= 15 is 0 Å². The summed E-state index contributed by atoms with van der Waals surface area (Å²) in [5.41, 5.74) is 8.88. The lowest BCUT2D eigenvalue weighted by molar-refractivity contribution is -0.119. The Bertz CT molecular complexity index is 458. The number of amides is 1. The predicted octanol–water partition coefficient (Wildman–Crippen LogP) is 3.43. The highest BCUT2D eigenvalue weighted by Gasteiger charge is 2.28. The summed E-state index contributed by atoms with van der Waals surface area (Å²) in [7, 11) is 0. The lowest BCUT2D eigenvalue weighted by Gasteiger charge is -2.27. The van der Waals surface area contributed by atoms with Gasteiger partial charge in [0, 0.05) is 5.69 Å². The van der Waals surface area contributed by atoms with E-state index in [1.165, 1.54) is 0 Å². The summed E-state index contributed by atoms with van der Waals surface area (Å²) in [5, 5.41) is 3.00. The number of rotatable bonds is 3. The van der Waals surface area contributed by atoms with Gasteiger partial charge in [-0.2, -0.15) is 0 Å². The van der Waals surface area contributed by atoms with Crippen LogP contribution in [0.15, 0.2) is 18.2 Å². The second-order valence-corrected chi connectivity index (χ2v) is 6.53. The van der Waals surface area contributed by atoms with Gasteiger partial charge in [-0.05, 0) is 29.4 Å². The minimum absolute atomic E-state index is 0.122. The van der Waals surface area contributed by atoms with Gasteiger partial charge in [0.1, 0.15) is 0 Å². The summed E-state index contributed by atoms with van der Waals surface area (Å²) in [6, 6.07) is 5.55. The zero-order valence-electron chi connectivity index (χ0n) is 12.9. The molecule has 0 aromatic heterocycles. The monoisotopic (exact) mass is 262 g/mol. The fourth-order valence-corrected chi connectivity index (χ4v) is 1.94. The van der Waals surface area contributed by atoms with E-state index < -0.39 is 6.04 Å². The van der Waals surface area contributed by atoms with Gasteiger partial charge in [0.15, 0.2) is 0 Å². The molecule has 0 saturated carbocycles. The molecule has 3 N–H and O–H groups in total. The van der Waals surface area contributed by atoms with Crippen molar-refractivity contribution in [2.45, 2.75) is 53.5 Å². The van der Waals surface area contributed by atoms with E-state index in [1.807, 2.05) is 39.8 Å². The summed E-state index contributed by atoms with van der Waals surface area (Å²) in [6.07, 6.45) is 0. The number of hydrogen-bond acceptors (Lipinski definition) is 2. The molecule has 0 radical (unpaired) electrons. The maximum absolute atomic E-state index is 12.3. The van der Waals surface area contributed by atoms with Crippen molar-refractivity contribution in [1.82, 2.24) is 0 Å². The molecule has 0 saturated heterocycles. The van der Waals surface area contributed by atoms with Gasteiger partial charge in [-0.1, -0.05) is 52.8 Å². The topological polar surface area (TPSA) is 55.1 Å². The van der Waals surface area contributed by atoms with Gasteiger partial charge in [0.25, 0.3) is 0 Å². The second-order valence-electron chi connectivity index (χ2n) is 6.53. The van der Waals surface area contributed by atoms with Crippen LogP contribution in [-0.4, -0.2) is 11.9 Å². The Kier molecular flexibility index (Phi) is 4.75. The summed E-state index contributed by atoms with van der Waals surface area (Å²) in [6.45, 7) is 12.2. The molecule has 0 unspecified atom stereocenters. The van der Waals surface area contributed by atoms with Crippen LogP contribution in [0, 0.1) is 12.3 Å². The SMILES string of the molecule is Cc1cccc(C(C)C)c1NC(=O)[C@H](N)C(C)(C)C. The zero-order valence-corrected chi connectivity index (χ0v) is 12.9. The van der Waals surface area contributed by atoms with Crippen molar-refractivity contribution in [2.24, 2.45) is 11.1 Å². The van der Waals surface area contributed by atoms with E-state index in [2.05, 4.69) is 25.2 Å². The summed E-state index contributed by atoms with van der Waals surface area (Å²) < 4.78 is 0. The van der Waals surface area contributed by atoms with Gasteiger partial charge >= 0.3 is 0 Å². The molecule has 106 valence electrons. The molecule has 19 heavy (non-hydrogen) atoms. The first-order chi connectivity index (χ1) is 8.64. The zero-order chi connectivity index (χ0) is 14.8. The van der Waals surface area contributed by atoms with Gasteiger partial charge in [-0.15, -0.1) is 0 Å². The number of anilines is 1. The van der Waals surface area contributed by atoms with E-state index in [0.717, 1.165) is 16.8 Å². The number of aryl methyl sites for hydroxylation is 1. The molecule has 3 nitrogen and oxygen atoms in total. The Labute approximate surface area is 116 Å². The number of benzene rings is 1. The van der Waals surface area contributed by atoms with Gasteiger partial charge in [0.05, 0.1) is 6.04 Å².